The molecule has 2 aliphatic rings. The molecule has 128 valence electrons. The fourth-order valence-corrected chi connectivity index (χ4v) is 3.70. The molecule has 3 rings (SSSR count). The van der Waals surface area contributed by atoms with Gasteiger partial charge in [0.25, 0.3) is 5.91 Å². The van der Waals surface area contributed by atoms with Crippen LogP contribution in [0.1, 0.15) is 42.1 Å². The number of esters is 1. The Morgan fingerprint density at radius 3 is 2.62 bits per heavy atom. The van der Waals surface area contributed by atoms with Crippen LogP contribution >= 0.6 is 0 Å². The van der Waals surface area contributed by atoms with E-state index in [2.05, 4.69) is 13.5 Å². The summed E-state index contributed by atoms with van der Waals surface area (Å²) in [6.07, 6.45) is 3.30. The van der Waals surface area contributed by atoms with Gasteiger partial charge < -0.3 is 14.4 Å². The number of nitrogens with zero attached hydrogens (tertiary/aromatic N) is 1. The van der Waals surface area contributed by atoms with Gasteiger partial charge in [-0.3, -0.25) is 4.79 Å². The summed E-state index contributed by atoms with van der Waals surface area (Å²) < 4.78 is 10.6. The molecule has 2 aliphatic heterocycles. The van der Waals surface area contributed by atoms with E-state index in [0.717, 1.165) is 18.4 Å². The maximum atomic E-state index is 13.0. The molecule has 0 saturated carbocycles. The fourth-order valence-electron chi connectivity index (χ4n) is 3.70. The minimum Gasteiger partial charge on any atom is -0.467 e. The Bertz CT molecular complexity index is 639. The van der Waals surface area contributed by atoms with Gasteiger partial charge in [-0.05, 0) is 37.5 Å². The number of likely N-dealkylation sites (tertiary alicyclic amines) is 1. The molecule has 5 heteroatoms. The van der Waals surface area contributed by atoms with E-state index >= 15 is 0 Å². The van der Waals surface area contributed by atoms with Crippen LogP contribution in [0.15, 0.2) is 30.8 Å². The molecule has 0 unspecified atom stereocenters. The van der Waals surface area contributed by atoms with Gasteiger partial charge in [0.15, 0.2) is 6.10 Å². The Kier molecular flexibility index (Phi) is 4.71. The molecular formula is C19H23NO4. The van der Waals surface area contributed by atoms with Crippen molar-refractivity contribution in [3.05, 3.63) is 42.0 Å². The van der Waals surface area contributed by atoms with Gasteiger partial charge in [-0.2, -0.15) is 0 Å². The molecule has 2 fully saturated rings. The van der Waals surface area contributed by atoms with E-state index in [1.807, 2.05) is 29.2 Å². The van der Waals surface area contributed by atoms with E-state index in [4.69, 9.17) is 9.47 Å². The molecule has 1 aromatic carbocycles. The number of fused-ring (bicyclic) bond motifs is 1. The third kappa shape index (κ3) is 2.96. The molecule has 2 saturated heterocycles. The molecule has 0 bridgehead atoms. The highest BCUT2D eigenvalue weighted by molar-refractivity contribution is 5.95. The maximum Gasteiger partial charge on any atom is 0.335 e. The normalized spacial score (nSPS) is 29.0. The van der Waals surface area contributed by atoms with Crippen LogP contribution in [0.2, 0.25) is 0 Å². The molecule has 0 spiro atoms. The molecule has 5 nitrogen and oxygen atoms in total. The number of hydrogen-bond acceptors (Lipinski definition) is 4. The van der Waals surface area contributed by atoms with Crippen molar-refractivity contribution in [3.63, 3.8) is 0 Å². The largest absolute Gasteiger partial charge is 0.467 e. The van der Waals surface area contributed by atoms with Gasteiger partial charge >= 0.3 is 5.97 Å². The molecule has 0 aromatic heterocycles. The monoisotopic (exact) mass is 329 g/mol. The zero-order valence-corrected chi connectivity index (χ0v) is 14.1. The summed E-state index contributed by atoms with van der Waals surface area (Å²) in [5.41, 5.74) is 1.63. The van der Waals surface area contributed by atoms with Crippen LogP contribution in [0.5, 0.6) is 0 Å². The van der Waals surface area contributed by atoms with Gasteiger partial charge in [-0.15, -0.1) is 0 Å². The molecule has 0 aliphatic carbocycles. The molecule has 0 radical (unpaired) electrons. The van der Waals surface area contributed by atoms with E-state index in [1.165, 1.54) is 7.11 Å². The van der Waals surface area contributed by atoms with Gasteiger partial charge in [0, 0.05) is 18.0 Å². The fraction of sp³-hybridized carbons (Fsp3) is 0.474. The summed E-state index contributed by atoms with van der Waals surface area (Å²) >= 11 is 0. The van der Waals surface area contributed by atoms with Crippen molar-refractivity contribution in [3.8, 4) is 0 Å². The number of piperidine rings is 1. The van der Waals surface area contributed by atoms with E-state index in [-0.39, 0.29) is 30.1 Å². The van der Waals surface area contributed by atoms with Crippen LogP contribution in [-0.4, -0.2) is 48.2 Å². The summed E-state index contributed by atoms with van der Waals surface area (Å²) in [7, 11) is 1.36. The predicted molar refractivity (Wildman–Crippen MR) is 90.5 cm³/mol. The molecular weight excluding hydrogens is 306 g/mol. The van der Waals surface area contributed by atoms with Crippen LogP contribution in [0, 0.1) is 0 Å². The van der Waals surface area contributed by atoms with Gasteiger partial charge in [0.1, 0.15) is 0 Å². The third-order valence-corrected chi connectivity index (χ3v) is 5.02. The van der Waals surface area contributed by atoms with Gasteiger partial charge in [0.2, 0.25) is 0 Å². The Labute approximate surface area is 142 Å². The zero-order chi connectivity index (χ0) is 17.3. The van der Waals surface area contributed by atoms with Crippen LogP contribution in [0.3, 0.4) is 0 Å². The Morgan fingerprint density at radius 1 is 1.29 bits per heavy atom. The highest BCUT2D eigenvalue weighted by Crippen LogP contribution is 2.36. The first-order chi connectivity index (χ1) is 11.5. The van der Waals surface area contributed by atoms with E-state index in [0.29, 0.717) is 12.0 Å². The highest BCUT2D eigenvalue weighted by atomic mass is 16.6. The number of carbonyl (C=O) groups excluding carboxylic acids is 2. The van der Waals surface area contributed by atoms with Crippen LogP contribution in [-0.2, 0) is 14.3 Å². The summed E-state index contributed by atoms with van der Waals surface area (Å²) in [6.45, 7) is 5.78. The van der Waals surface area contributed by atoms with Crippen molar-refractivity contribution in [1.29, 1.82) is 0 Å². The van der Waals surface area contributed by atoms with Crippen molar-refractivity contribution in [1.82, 2.24) is 4.90 Å². The molecule has 0 N–H and O–H groups in total. The molecule has 1 aromatic rings. The smallest absolute Gasteiger partial charge is 0.335 e. The minimum absolute atomic E-state index is 0.0121. The second-order valence-electron chi connectivity index (χ2n) is 6.45. The number of rotatable bonds is 3. The SMILES string of the molecule is C=Cc1ccc(C(=O)N2[C@H](C)CC[C@@H]3O[C@@H](C(=O)OC)C[C@H]32)cc1. The van der Waals surface area contributed by atoms with Crippen LogP contribution in [0.4, 0.5) is 0 Å². The Hall–Kier alpha value is -2.14. The minimum atomic E-state index is -0.575. The lowest BCUT2D eigenvalue weighted by atomic mass is 9.91. The van der Waals surface area contributed by atoms with Crippen LogP contribution in [0.25, 0.3) is 6.08 Å². The summed E-state index contributed by atoms with van der Waals surface area (Å²) in [5, 5.41) is 0. The van der Waals surface area contributed by atoms with Crippen molar-refractivity contribution in [2.75, 3.05) is 7.11 Å². The zero-order valence-electron chi connectivity index (χ0n) is 14.1. The quantitative estimate of drug-likeness (QED) is 0.800. The van der Waals surface area contributed by atoms with Crippen molar-refractivity contribution in [2.45, 2.75) is 50.5 Å². The van der Waals surface area contributed by atoms with Crippen molar-refractivity contribution < 1.29 is 19.1 Å². The number of methoxy groups -OCH3 is 1. The van der Waals surface area contributed by atoms with Crippen LogP contribution < -0.4 is 0 Å². The van der Waals surface area contributed by atoms with Gasteiger partial charge in [0.05, 0.1) is 19.3 Å². The molecule has 4 atom stereocenters. The maximum absolute atomic E-state index is 13.0. The molecule has 1 amide bonds. The number of carbonyl (C=O) groups is 2. The van der Waals surface area contributed by atoms with Gasteiger partial charge in [-0.1, -0.05) is 24.8 Å². The lowest BCUT2D eigenvalue weighted by Crippen LogP contribution is -2.53. The average molecular weight is 329 g/mol. The number of hydrogen-bond donors (Lipinski definition) is 0. The Morgan fingerprint density at radius 2 is 2.00 bits per heavy atom. The second-order valence-corrected chi connectivity index (χ2v) is 6.45. The highest BCUT2D eigenvalue weighted by Gasteiger charge is 2.47. The van der Waals surface area contributed by atoms with E-state index in [9.17, 15) is 9.59 Å². The lowest BCUT2D eigenvalue weighted by Gasteiger charge is -2.41. The van der Waals surface area contributed by atoms with Crippen molar-refractivity contribution in [2.24, 2.45) is 0 Å². The number of benzene rings is 1. The molecule has 24 heavy (non-hydrogen) atoms. The number of ether oxygens (including phenoxy) is 2. The van der Waals surface area contributed by atoms with Gasteiger partial charge in [-0.25, -0.2) is 4.79 Å². The Balaban J connectivity index is 1.82. The first-order valence-corrected chi connectivity index (χ1v) is 8.33. The second kappa shape index (κ2) is 6.77. The third-order valence-electron chi connectivity index (χ3n) is 5.02. The first kappa shape index (κ1) is 16.7. The van der Waals surface area contributed by atoms with Crippen molar-refractivity contribution >= 4 is 18.0 Å². The topological polar surface area (TPSA) is 55.8 Å². The van der Waals surface area contributed by atoms with E-state index in [1.54, 1.807) is 6.08 Å². The van der Waals surface area contributed by atoms with E-state index < -0.39 is 6.10 Å². The summed E-state index contributed by atoms with van der Waals surface area (Å²) in [5.74, 6) is -0.373. The predicted octanol–water partition coefficient (Wildman–Crippen LogP) is 2.65. The number of amides is 1. The average Bonchev–Trinajstić information content (AvgIpc) is 3.04. The standard InChI is InChI=1S/C19H23NO4/c1-4-13-6-8-14(9-7-13)18(21)20-12(2)5-10-16-15(20)11-17(24-16)19(22)23-3/h4,6-9,12,15-17H,1,5,10-11H2,2-3H3/t12-,15-,16+,17-/m1/s1. The lowest BCUT2D eigenvalue weighted by molar-refractivity contribution is -0.153. The molecule has 2 heterocycles. The first-order valence-electron chi connectivity index (χ1n) is 8.33. The summed E-state index contributed by atoms with van der Waals surface area (Å²) in [4.78, 5) is 26.7. The summed E-state index contributed by atoms with van der Waals surface area (Å²) in [6, 6.07) is 7.46.